The second-order valence-electron chi connectivity index (χ2n) is 2.72. The molecule has 1 unspecified atom stereocenters. The van der Waals surface area contributed by atoms with Gasteiger partial charge in [-0.15, -0.1) is 0 Å². The van der Waals surface area contributed by atoms with Crippen molar-refractivity contribution in [2.45, 2.75) is 19.3 Å². The van der Waals surface area contributed by atoms with Gasteiger partial charge < -0.3 is 0 Å². The van der Waals surface area contributed by atoms with Crippen molar-refractivity contribution in [2.75, 3.05) is 0 Å². The van der Waals surface area contributed by atoms with Crippen LogP contribution in [0, 0.1) is 11.8 Å². The summed E-state index contributed by atoms with van der Waals surface area (Å²) in [6, 6.07) is 0. The van der Waals surface area contributed by atoms with Crippen molar-refractivity contribution in [2.24, 2.45) is 11.8 Å². The van der Waals surface area contributed by atoms with Crippen molar-refractivity contribution in [1.29, 1.82) is 0 Å². The molecule has 2 aliphatic rings. The molecule has 1 saturated carbocycles. The Labute approximate surface area is 44.2 Å². The molecule has 0 saturated heterocycles. The molecule has 0 nitrogen and oxygen atoms in total. The van der Waals surface area contributed by atoms with Gasteiger partial charge in [-0.2, -0.15) is 0 Å². The molecule has 0 radical (unpaired) electrons. The molecule has 0 spiro atoms. The number of hydrogen-bond acceptors (Lipinski definition) is 0. The van der Waals surface area contributed by atoms with Gasteiger partial charge >= 0.3 is 0 Å². The lowest BCUT2D eigenvalue weighted by molar-refractivity contribution is 0.691. The predicted octanol–water partition coefficient (Wildman–Crippen LogP) is 1.97. The van der Waals surface area contributed by atoms with Crippen LogP contribution in [0.25, 0.3) is 0 Å². The lowest BCUT2D eigenvalue weighted by atomic mass is 10.1. The van der Waals surface area contributed by atoms with Gasteiger partial charge in [-0.05, 0) is 31.1 Å². The highest BCUT2D eigenvalue weighted by atomic mass is 14.3. The van der Waals surface area contributed by atoms with Gasteiger partial charge in [0, 0.05) is 0 Å². The number of hydrogen-bond donors (Lipinski definition) is 0. The van der Waals surface area contributed by atoms with Crippen molar-refractivity contribution in [3.8, 4) is 0 Å². The molecular weight excluding hydrogens is 84.1 g/mol. The standard InChI is InChI=1S/C7H10/c1-2-7-4-3-6(1)5-7/h1-2,6-7H,3-5H2/t6-,7?/m0/s1. The fraction of sp³-hybridized carbons (Fsp3) is 0.714. The second-order valence-corrected chi connectivity index (χ2v) is 2.72. The molecule has 0 aromatic carbocycles. The Balaban J connectivity index is 2.27. The van der Waals surface area contributed by atoms with Crippen LogP contribution < -0.4 is 0 Å². The third kappa shape index (κ3) is 0.425. The van der Waals surface area contributed by atoms with Crippen molar-refractivity contribution in [3.63, 3.8) is 0 Å². The van der Waals surface area contributed by atoms with Crippen molar-refractivity contribution >= 4 is 0 Å². The summed E-state index contributed by atoms with van der Waals surface area (Å²) in [4.78, 5) is 0. The van der Waals surface area contributed by atoms with E-state index in [-0.39, 0.29) is 0 Å². The molecule has 2 aliphatic carbocycles. The predicted molar refractivity (Wildman–Crippen MR) is 30.0 cm³/mol. The molecule has 0 aliphatic heterocycles. The first-order chi connectivity index (χ1) is 3.45. The molecule has 7 heavy (non-hydrogen) atoms. The Morgan fingerprint density at radius 1 is 1.00 bits per heavy atom. The fourth-order valence-corrected chi connectivity index (χ4v) is 1.72. The Hall–Kier alpha value is -0.260. The minimum atomic E-state index is 0.991. The smallest absolute Gasteiger partial charge is 0.0228 e. The Morgan fingerprint density at radius 3 is 1.71 bits per heavy atom. The summed E-state index contributed by atoms with van der Waals surface area (Å²) >= 11 is 0. The van der Waals surface area contributed by atoms with Crippen LogP contribution in [-0.4, -0.2) is 0 Å². The van der Waals surface area contributed by atoms with E-state index < -0.39 is 0 Å². The van der Waals surface area contributed by atoms with Crippen LogP contribution in [0.1, 0.15) is 19.3 Å². The summed E-state index contributed by atoms with van der Waals surface area (Å²) in [6.07, 6.45) is 9.19. The summed E-state index contributed by atoms with van der Waals surface area (Å²) in [5, 5.41) is 0. The maximum atomic E-state index is 2.38. The van der Waals surface area contributed by atoms with Crippen LogP contribution >= 0.6 is 0 Å². The van der Waals surface area contributed by atoms with E-state index in [0.717, 1.165) is 11.8 Å². The van der Waals surface area contributed by atoms with Crippen LogP contribution in [0.3, 0.4) is 0 Å². The number of rotatable bonds is 0. The fourth-order valence-electron chi connectivity index (χ4n) is 1.72. The normalized spacial score (nSPS) is 45.7. The molecule has 0 heteroatoms. The summed E-state index contributed by atoms with van der Waals surface area (Å²) in [7, 11) is 0. The third-order valence-electron chi connectivity index (χ3n) is 2.17. The van der Waals surface area contributed by atoms with E-state index in [9.17, 15) is 0 Å². The summed E-state index contributed by atoms with van der Waals surface area (Å²) in [5.74, 6) is 1.98. The first-order valence-corrected chi connectivity index (χ1v) is 3.13. The SMILES string of the molecule is C1=C[C@H]2CCC1C2. The lowest BCUT2D eigenvalue weighted by Crippen LogP contribution is -1.82. The second kappa shape index (κ2) is 1.12. The van der Waals surface area contributed by atoms with Crippen LogP contribution in [0.15, 0.2) is 12.2 Å². The van der Waals surface area contributed by atoms with E-state index in [1.54, 1.807) is 0 Å². The molecular formula is C7H10. The molecule has 0 N–H and O–H groups in total. The van der Waals surface area contributed by atoms with E-state index in [1.807, 2.05) is 0 Å². The summed E-state index contributed by atoms with van der Waals surface area (Å²) < 4.78 is 0. The topological polar surface area (TPSA) is 0 Å². The maximum absolute atomic E-state index is 2.38. The third-order valence-corrected chi connectivity index (χ3v) is 2.17. The zero-order valence-electron chi connectivity index (χ0n) is 4.43. The number of allylic oxidation sites excluding steroid dienone is 2. The summed E-state index contributed by atoms with van der Waals surface area (Å²) in [5.41, 5.74) is 0. The quantitative estimate of drug-likeness (QED) is 0.402. The van der Waals surface area contributed by atoms with E-state index in [1.165, 1.54) is 19.3 Å². The van der Waals surface area contributed by atoms with E-state index in [4.69, 9.17) is 0 Å². The van der Waals surface area contributed by atoms with Gasteiger partial charge in [0.2, 0.25) is 0 Å². The van der Waals surface area contributed by atoms with E-state index in [2.05, 4.69) is 12.2 Å². The van der Waals surface area contributed by atoms with Gasteiger partial charge in [-0.25, -0.2) is 0 Å². The van der Waals surface area contributed by atoms with Gasteiger partial charge in [0.25, 0.3) is 0 Å². The Bertz CT molecular complexity index is 90.6. The lowest BCUT2D eigenvalue weighted by Gasteiger charge is -1.96. The average molecular weight is 94.2 g/mol. The van der Waals surface area contributed by atoms with E-state index >= 15 is 0 Å². The van der Waals surface area contributed by atoms with Crippen LogP contribution in [0.2, 0.25) is 0 Å². The highest BCUT2D eigenvalue weighted by molar-refractivity contribution is 5.06. The maximum Gasteiger partial charge on any atom is -0.0228 e. The zero-order chi connectivity index (χ0) is 4.69. The van der Waals surface area contributed by atoms with Crippen molar-refractivity contribution in [3.05, 3.63) is 12.2 Å². The minimum Gasteiger partial charge on any atom is -0.0851 e. The average Bonchev–Trinajstić information content (AvgIpc) is 2.22. The first kappa shape index (κ1) is 3.71. The molecule has 1 fully saturated rings. The van der Waals surface area contributed by atoms with Crippen molar-refractivity contribution in [1.82, 2.24) is 0 Å². The van der Waals surface area contributed by atoms with Gasteiger partial charge in [0.15, 0.2) is 0 Å². The first-order valence-electron chi connectivity index (χ1n) is 3.13. The molecule has 38 valence electrons. The Kier molecular flexibility index (Phi) is 0.592. The minimum absolute atomic E-state index is 0.991. The molecule has 2 atom stereocenters. The highest BCUT2D eigenvalue weighted by Crippen LogP contribution is 2.38. The number of fused-ring (bicyclic) bond motifs is 2. The Morgan fingerprint density at radius 2 is 1.57 bits per heavy atom. The van der Waals surface area contributed by atoms with Crippen LogP contribution in [0.5, 0.6) is 0 Å². The zero-order valence-corrected chi connectivity index (χ0v) is 4.43. The van der Waals surface area contributed by atoms with Gasteiger partial charge in [-0.3, -0.25) is 0 Å². The molecule has 2 rings (SSSR count). The van der Waals surface area contributed by atoms with Crippen LogP contribution in [-0.2, 0) is 0 Å². The van der Waals surface area contributed by atoms with E-state index in [0.29, 0.717) is 0 Å². The highest BCUT2D eigenvalue weighted by Gasteiger charge is 2.25. The largest absolute Gasteiger partial charge is 0.0851 e. The van der Waals surface area contributed by atoms with Gasteiger partial charge in [0.05, 0.1) is 0 Å². The molecule has 0 heterocycles. The molecule has 0 amide bonds. The van der Waals surface area contributed by atoms with Crippen molar-refractivity contribution < 1.29 is 0 Å². The molecule has 0 aromatic rings. The van der Waals surface area contributed by atoms with Gasteiger partial charge in [0.1, 0.15) is 0 Å². The molecule has 2 bridgehead atoms. The summed E-state index contributed by atoms with van der Waals surface area (Å²) in [6.45, 7) is 0. The molecule has 0 aromatic heterocycles. The monoisotopic (exact) mass is 94.1 g/mol. The van der Waals surface area contributed by atoms with Crippen LogP contribution in [0.4, 0.5) is 0 Å². The van der Waals surface area contributed by atoms with Gasteiger partial charge in [-0.1, -0.05) is 12.2 Å².